The Morgan fingerprint density at radius 2 is 1.85 bits per heavy atom. The van der Waals surface area contributed by atoms with Crippen LogP contribution in [0.2, 0.25) is 5.02 Å². The lowest BCUT2D eigenvalue weighted by molar-refractivity contribution is -0.120. The van der Waals surface area contributed by atoms with Gasteiger partial charge in [-0.05, 0) is 42.3 Å². The van der Waals surface area contributed by atoms with Gasteiger partial charge in [-0.2, -0.15) is 0 Å². The van der Waals surface area contributed by atoms with Gasteiger partial charge in [0.15, 0.2) is 11.5 Å². The molecule has 0 aromatic heterocycles. The van der Waals surface area contributed by atoms with E-state index in [0.29, 0.717) is 23.1 Å². The molecular formula is C19H20ClNO5. The second-order valence-corrected chi connectivity index (χ2v) is 5.90. The van der Waals surface area contributed by atoms with E-state index < -0.39 is 5.97 Å². The van der Waals surface area contributed by atoms with E-state index in [1.54, 1.807) is 24.3 Å². The van der Waals surface area contributed by atoms with Gasteiger partial charge in [-0.3, -0.25) is 4.79 Å². The maximum absolute atomic E-state index is 12.1. The van der Waals surface area contributed by atoms with E-state index >= 15 is 0 Å². The predicted molar refractivity (Wildman–Crippen MR) is 98.1 cm³/mol. The smallest absolute Gasteiger partial charge is 0.335 e. The minimum absolute atomic E-state index is 0.155. The van der Waals surface area contributed by atoms with E-state index in [9.17, 15) is 9.59 Å². The van der Waals surface area contributed by atoms with Gasteiger partial charge in [0.25, 0.3) is 0 Å². The Morgan fingerprint density at radius 1 is 1.15 bits per heavy atom. The zero-order valence-corrected chi connectivity index (χ0v) is 15.3. The molecule has 26 heavy (non-hydrogen) atoms. The molecule has 7 heteroatoms. The molecular weight excluding hydrogens is 358 g/mol. The van der Waals surface area contributed by atoms with Crippen molar-refractivity contribution in [2.75, 3.05) is 13.7 Å². The number of halogens is 1. The number of amides is 1. The molecule has 0 bridgehead atoms. The maximum Gasteiger partial charge on any atom is 0.335 e. The molecule has 0 aliphatic rings. The number of hydrogen-bond donors (Lipinski definition) is 2. The summed E-state index contributed by atoms with van der Waals surface area (Å²) in [5, 5.41) is 12.1. The summed E-state index contributed by atoms with van der Waals surface area (Å²) in [5.41, 5.74) is 1.70. The van der Waals surface area contributed by atoms with Crippen LogP contribution in [0.5, 0.6) is 11.5 Å². The molecule has 1 amide bonds. The van der Waals surface area contributed by atoms with Crippen LogP contribution in [0.15, 0.2) is 36.4 Å². The van der Waals surface area contributed by atoms with Crippen LogP contribution < -0.4 is 14.8 Å². The largest absolute Gasteiger partial charge is 0.493 e. The summed E-state index contributed by atoms with van der Waals surface area (Å²) in [6.45, 7) is 2.61. The molecule has 0 unspecified atom stereocenters. The lowest BCUT2D eigenvalue weighted by atomic mass is 10.1. The number of carbonyl (C=O) groups is 2. The van der Waals surface area contributed by atoms with Crippen LogP contribution in [0.3, 0.4) is 0 Å². The SMILES string of the molecule is CCOc1c(Cl)cc(CNC(=O)Cc2ccc(C(=O)O)cc2)cc1OC. The molecule has 138 valence electrons. The minimum atomic E-state index is -0.998. The van der Waals surface area contributed by atoms with Crippen molar-refractivity contribution >= 4 is 23.5 Å². The van der Waals surface area contributed by atoms with Gasteiger partial charge in [-0.25, -0.2) is 4.79 Å². The Hall–Kier alpha value is -2.73. The number of rotatable bonds is 8. The van der Waals surface area contributed by atoms with Crippen LogP contribution in [-0.4, -0.2) is 30.7 Å². The van der Waals surface area contributed by atoms with Crippen LogP contribution in [-0.2, 0) is 17.8 Å². The van der Waals surface area contributed by atoms with E-state index in [1.807, 2.05) is 6.92 Å². The first-order valence-electron chi connectivity index (χ1n) is 8.02. The van der Waals surface area contributed by atoms with Crippen LogP contribution in [0, 0.1) is 0 Å². The molecule has 0 fully saturated rings. The fourth-order valence-electron chi connectivity index (χ4n) is 2.37. The van der Waals surface area contributed by atoms with Gasteiger partial charge in [0.1, 0.15) is 0 Å². The third-order valence-corrected chi connectivity index (χ3v) is 3.91. The first kappa shape index (κ1) is 19.6. The number of carbonyl (C=O) groups excluding carboxylic acids is 1. The molecule has 0 saturated carbocycles. The molecule has 2 aromatic carbocycles. The van der Waals surface area contributed by atoms with Gasteiger partial charge in [-0.1, -0.05) is 23.7 Å². The Morgan fingerprint density at radius 3 is 2.42 bits per heavy atom. The molecule has 0 spiro atoms. The number of nitrogens with one attached hydrogen (secondary N) is 1. The highest BCUT2D eigenvalue weighted by molar-refractivity contribution is 6.32. The minimum Gasteiger partial charge on any atom is -0.493 e. The second kappa shape index (κ2) is 9.10. The summed E-state index contributed by atoms with van der Waals surface area (Å²) < 4.78 is 10.7. The summed E-state index contributed by atoms with van der Waals surface area (Å²) in [6, 6.07) is 9.68. The number of carboxylic acids is 1. The Bertz CT molecular complexity index is 789. The molecule has 0 radical (unpaired) electrons. The van der Waals surface area contributed by atoms with Crippen LogP contribution in [0.4, 0.5) is 0 Å². The van der Waals surface area contributed by atoms with E-state index in [1.165, 1.54) is 19.2 Å². The van der Waals surface area contributed by atoms with Crippen molar-refractivity contribution in [1.82, 2.24) is 5.32 Å². The van der Waals surface area contributed by atoms with Gasteiger partial charge in [0.2, 0.25) is 5.91 Å². The number of carboxylic acid groups (broad SMARTS) is 1. The number of methoxy groups -OCH3 is 1. The van der Waals surface area contributed by atoms with Crippen LogP contribution in [0.1, 0.15) is 28.4 Å². The van der Waals surface area contributed by atoms with Crippen molar-refractivity contribution in [3.63, 3.8) is 0 Å². The number of ether oxygens (including phenoxy) is 2. The highest BCUT2D eigenvalue weighted by Gasteiger charge is 2.12. The Kier molecular flexibility index (Phi) is 6.86. The molecule has 2 rings (SSSR count). The molecule has 0 saturated heterocycles. The molecule has 0 atom stereocenters. The van der Waals surface area contributed by atoms with E-state index in [4.69, 9.17) is 26.2 Å². The van der Waals surface area contributed by atoms with Gasteiger partial charge in [0.05, 0.1) is 30.7 Å². The first-order chi connectivity index (χ1) is 12.4. The van der Waals surface area contributed by atoms with Crippen molar-refractivity contribution < 1.29 is 24.2 Å². The summed E-state index contributed by atoms with van der Waals surface area (Å²) in [6.07, 6.45) is 0.155. The number of benzene rings is 2. The summed E-state index contributed by atoms with van der Waals surface area (Å²) in [4.78, 5) is 22.9. The second-order valence-electron chi connectivity index (χ2n) is 5.50. The van der Waals surface area contributed by atoms with Gasteiger partial charge in [0, 0.05) is 6.54 Å². The summed E-state index contributed by atoms with van der Waals surface area (Å²) in [5.74, 6) is -0.197. The number of aromatic carboxylic acids is 1. The fraction of sp³-hybridized carbons (Fsp3) is 0.263. The highest BCUT2D eigenvalue weighted by Crippen LogP contribution is 2.36. The first-order valence-corrected chi connectivity index (χ1v) is 8.40. The van der Waals surface area contributed by atoms with E-state index in [-0.39, 0.29) is 24.4 Å². The Labute approximate surface area is 156 Å². The van der Waals surface area contributed by atoms with Crippen LogP contribution in [0.25, 0.3) is 0 Å². The van der Waals surface area contributed by atoms with Gasteiger partial charge in [-0.15, -0.1) is 0 Å². The van der Waals surface area contributed by atoms with Gasteiger partial charge >= 0.3 is 5.97 Å². The zero-order valence-electron chi connectivity index (χ0n) is 14.5. The average molecular weight is 378 g/mol. The average Bonchev–Trinajstić information content (AvgIpc) is 2.62. The lowest BCUT2D eigenvalue weighted by Gasteiger charge is -2.13. The summed E-state index contributed by atoms with van der Waals surface area (Å²) in [7, 11) is 1.53. The van der Waals surface area contributed by atoms with Crippen molar-refractivity contribution in [3.05, 3.63) is 58.1 Å². The standard InChI is InChI=1S/C19H20ClNO5/c1-3-26-18-15(20)8-13(9-16(18)25-2)11-21-17(22)10-12-4-6-14(7-5-12)19(23)24/h4-9H,3,10-11H2,1-2H3,(H,21,22)(H,23,24). The molecule has 2 aromatic rings. The van der Waals surface area contributed by atoms with Crippen molar-refractivity contribution in [2.45, 2.75) is 19.9 Å². The monoisotopic (exact) mass is 377 g/mol. The van der Waals surface area contributed by atoms with E-state index in [2.05, 4.69) is 5.32 Å². The van der Waals surface area contributed by atoms with Crippen molar-refractivity contribution in [1.29, 1.82) is 0 Å². The highest BCUT2D eigenvalue weighted by atomic mass is 35.5. The molecule has 0 heterocycles. The third-order valence-electron chi connectivity index (χ3n) is 3.63. The topological polar surface area (TPSA) is 84.9 Å². The quantitative estimate of drug-likeness (QED) is 0.737. The maximum atomic E-state index is 12.1. The Balaban J connectivity index is 1.98. The van der Waals surface area contributed by atoms with E-state index in [0.717, 1.165) is 11.1 Å². The van der Waals surface area contributed by atoms with Crippen molar-refractivity contribution in [3.8, 4) is 11.5 Å². The van der Waals surface area contributed by atoms with Crippen LogP contribution >= 0.6 is 11.6 Å². The zero-order chi connectivity index (χ0) is 19.1. The normalized spacial score (nSPS) is 10.3. The van der Waals surface area contributed by atoms with Gasteiger partial charge < -0.3 is 19.9 Å². The molecule has 2 N–H and O–H groups in total. The predicted octanol–water partition coefficient (Wildman–Crippen LogP) is 3.30. The number of hydrogen-bond acceptors (Lipinski definition) is 4. The third kappa shape index (κ3) is 5.13. The molecule has 0 aliphatic heterocycles. The van der Waals surface area contributed by atoms with Crippen molar-refractivity contribution in [2.24, 2.45) is 0 Å². The fourth-order valence-corrected chi connectivity index (χ4v) is 2.66. The lowest BCUT2D eigenvalue weighted by Crippen LogP contribution is -2.24. The summed E-state index contributed by atoms with van der Waals surface area (Å²) >= 11 is 6.21. The molecule has 0 aliphatic carbocycles. The molecule has 6 nitrogen and oxygen atoms in total.